The lowest BCUT2D eigenvalue weighted by molar-refractivity contribution is 0.0499. The number of hydrogen-bond donors (Lipinski definition) is 3. The Balaban J connectivity index is 1.26. The molecular formula is C33H51N9O3. The fourth-order valence-electron chi connectivity index (χ4n) is 6.54. The molecule has 4 heterocycles. The standard InChI is InChI=1S/C33H51N9O3/c1-6-27-31(42-15-7-8-24(22-42)36-32(44)45-33(2,3)4)38-30(28(37-27)29(34)43)35-23-9-11-25(12-10-23)40-16-13-26(14-17-40)41-20-18-39(5)19-21-41/h9-12,24,26H,6-8,13-22H2,1-5H3,(H2,34,43)(H,35,38)(H,36,44)/t24-/m0/s1. The van der Waals surface area contributed by atoms with Gasteiger partial charge in [-0.05, 0) is 84.2 Å². The van der Waals surface area contributed by atoms with Gasteiger partial charge in [0.1, 0.15) is 5.60 Å². The third-order valence-electron chi connectivity index (χ3n) is 8.97. The average molecular weight is 622 g/mol. The number of alkyl carbamates (subject to hydrolysis) is 1. The number of nitrogens with two attached hydrogens (primary N) is 1. The number of aryl methyl sites for hydroxylation is 1. The number of piperazine rings is 1. The number of anilines is 4. The summed E-state index contributed by atoms with van der Waals surface area (Å²) in [6.07, 6.45) is 4.24. The van der Waals surface area contributed by atoms with Crippen LogP contribution in [0, 0.1) is 0 Å². The summed E-state index contributed by atoms with van der Waals surface area (Å²) in [6.45, 7) is 15.6. The molecule has 1 atom stereocenters. The van der Waals surface area contributed by atoms with Gasteiger partial charge in [-0.2, -0.15) is 0 Å². The number of primary amides is 1. The van der Waals surface area contributed by atoms with E-state index in [9.17, 15) is 9.59 Å². The van der Waals surface area contributed by atoms with E-state index in [1.54, 1.807) is 0 Å². The number of benzene rings is 1. The lowest BCUT2D eigenvalue weighted by Crippen LogP contribution is -2.52. The molecule has 0 saturated carbocycles. The fourth-order valence-corrected chi connectivity index (χ4v) is 6.54. The summed E-state index contributed by atoms with van der Waals surface area (Å²) in [4.78, 5) is 44.1. The van der Waals surface area contributed by atoms with Gasteiger partial charge >= 0.3 is 6.09 Å². The highest BCUT2D eigenvalue weighted by Crippen LogP contribution is 2.29. The first-order chi connectivity index (χ1) is 21.5. The van der Waals surface area contributed by atoms with Gasteiger partial charge in [0.25, 0.3) is 5.91 Å². The number of rotatable bonds is 8. The summed E-state index contributed by atoms with van der Waals surface area (Å²) in [5.41, 5.74) is 8.02. The zero-order valence-electron chi connectivity index (χ0n) is 27.6. The van der Waals surface area contributed by atoms with Crippen LogP contribution in [-0.4, -0.2) is 109 Å². The number of ether oxygens (including phenoxy) is 1. The summed E-state index contributed by atoms with van der Waals surface area (Å²) in [5, 5.41) is 6.32. The van der Waals surface area contributed by atoms with Crippen LogP contribution in [0.1, 0.15) is 69.6 Å². The van der Waals surface area contributed by atoms with Crippen molar-refractivity contribution in [1.29, 1.82) is 0 Å². The van der Waals surface area contributed by atoms with Gasteiger partial charge in [-0.3, -0.25) is 9.69 Å². The molecule has 12 nitrogen and oxygen atoms in total. The van der Waals surface area contributed by atoms with Crippen LogP contribution in [-0.2, 0) is 11.2 Å². The van der Waals surface area contributed by atoms with Gasteiger partial charge in [-0.1, -0.05) is 6.92 Å². The van der Waals surface area contributed by atoms with Crippen molar-refractivity contribution in [1.82, 2.24) is 25.1 Å². The summed E-state index contributed by atoms with van der Waals surface area (Å²) in [7, 11) is 2.20. The molecule has 4 N–H and O–H groups in total. The molecule has 3 aliphatic rings. The van der Waals surface area contributed by atoms with Crippen LogP contribution in [0.3, 0.4) is 0 Å². The third kappa shape index (κ3) is 8.55. The van der Waals surface area contributed by atoms with Crippen molar-refractivity contribution in [2.45, 2.75) is 77.5 Å². The number of amides is 2. The Bertz CT molecular complexity index is 1310. The minimum absolute atomic E-state index is 0.0912. The number of aromatic nitrogens is 2. The minimum atomic E-state index is -0.630. The number of nitrogens with one attached hydrogen (secondary N) is 2. The van der Waals surface area contributed by atoms with E-state index in [4.69, 9.17) is 15.5 Å². The number of carbonyl (C=O) groups excluding carboxylic acids is 2. The van der Waals surface area contributed by atoms with E-state index in [1.807, 2.05) is 39.8 Å². The summed E-state index contributed by atoms with van der Waals surface area (Å²) in [5.74, 6) is 0.396. The van der Waals surface area contributed by atoms with Crippen LogP contribution in [0.25, 0.3) is 0 Å². The maximum absolute atomic E-state index is 12.5. The van der Waals surface area contributed by atoms with Crippen molar-refractivity contribution >= 4 is 35.0 Å². The molecule has 2 aromatic rings. The predicted octanol–water partition coefficient (Wildman–Crippen LogP) is 3.59. The molecule has 2 amide bonds. The van der Waals surface area contributed by atoms with E-state index in [0.29, 0.717) is 36.3 Å². The SMILES string of the molecule is CCc1nc(C(N)=O)c(Nc2ccc(N3CCC(N4CCN(C)CC4)CC3)cc2)nc1N1CCC[C@H](NC(=O)OC(C)(C)C)C1. The van der Waals surface area contributed by atoms with E-state index in [0.717, 1.165) is 51.3 Å². The number of carbonyl (C=O) groups is 2. The maximum atomic E-state index is 12.5. The number of piperidine rings is 2. The van der Waals surface area contributed by atoms with E-state index < -0.39 is 17.6 Å². The molecule has 1 aromatic heterocycles. The molecule has 12 heteroatoms. The monoisotopic (exact) mass is 621 g/mol. The predicted molar refractivity (Wildman–Crippen MR) is 179 cm³/mol. The summed E-state index contributed by atoms with van der Waals surface area (Å²) in [6, 6.07) is 8.85. The molecule has 3 fully saturated rings. The molecule has 246 valence electrons. The number of likely N-dealkylation sites (N-methyl/N-ethyl adjacent to an activating group) is 1. The summed E-state index contributed by atoms with van der Waals surface area (Å²) >= 11 is 0. The van der Waals surface area contributed by atoms with Crippen molar-refractivity contribution in [3.63, 3.8) is 0 Å². The molecule has 1 aromatic carbocycles. The smallest absolute Gasteiger partial charge is 0.407 e. The van der Waals surface area contributed by atoms with Crippen LogP contribution in [0.2, 0.25) is 0 Å². The minimum Gasteiger partial charge on any atom is -0.444 e. The van der Waals surface area contributed by atoms with E-state index in [1.165, 1.54) is 31.6 Å². The second-order valence-corrected chi connectivity index (χ2v) is 13.6. The first kappa shape index (κ1) is 32.7. The van der Waals surface area contributed by atoms with Crippen LogP contribution in [0.15, 0.2) is 24.3 Å². The van der Waals surface area contributed by atoms with Crippen molar-refractivity contribution < 1.29 is 14.3 Å². The quantitative estimate of drug-likeness (QED) is 0.402. The van der Waals surface area contributed by atoms with Crippen molar-refractivity contribution in [3.05, 3.63) is 35.7 Å². The van der Waals surface area contributed by atoms with Gasteiger partial charge in [0.15, 0.2) is 17.3 Å². The molecule has 0 spiro atoms. The van der Waals surface area contributed by atoms with Gasteiger partial charge < -0.3 is 35.8 Å². The highest BCUT2D eigenvalue weighted by molar-refractivity contribution is 5.96. The molecule has 45 heavy (non-hydrogen) atoms. The highest BCUT2D eigenvalue weighted by atomic mass is 16.6. The van der Waals surface area contributed by atoms with E-state index in [-0.39, 0.29) is 11.7 Å². The molecular weight excluding hydrogens is 570 g/mol. The van der Waals surface area contributed by atoms with E-state index >= 15 is 0 Å². The number of hydrogen-bond acceptors (Lipinski definition) is 10. The largest absolute Gasteiger partial charge is 0.444 e. The summed E-state index contributed by atoms with van der Waals surface area (Å²) < 4.78 is 5.47. The van der Waals surface area contributed by atoms with Crippen LogP contribution in [0.4, 0.5) is 27.8 Å². The fraction of sp³-hybridized carbons (Fsp3) is 0.636. The second-order valence-electron chi connectivity index (χ2n) is 13.6. The zero-order chi connectivity index (χ0) is 32.1. The van der Waals surface area contributed by atoms with Gasteiger partial charge in [0.2, 0.25) is 0 Å². The first-order valence-electron chi connectivity index (χ1n) is 16.5. The van der Waals surface area contributed by atoms with Crippen molar-refractivity contribution in [2.75, 3.05) is 74.5 Å². The van der Waals surface area contributed by atoms with Gasteiger partial charge in [0.05, 0.1) is 5.69 Å². The normalized spacial score (nSPS) is 20.6. The third-order valence-corrected chi connectivity index (χ3v) is 8.97. The topological polar surface area (TPSA) is 132 Å². The molecule has 5 rings (SSSR count). The Kier molecular flexibility index (Phi) is 10.3. The maximum Gasteiger partial charge on any atom is 0.407 e. The Morgan fingerprint density at radius 2 is 1.64 bits per heavy atom. The average Bonchev–Trinajstić information content (AvgIpc) is 3.01. The Morgan fingerprint density at radius 3 is 2.27 bits per heavy atom. The van der Waals surface area contributed by atoms with Gasteiger partial charge in [-0.15, -0.1) is 0 Å². The Morgan fingerprint density at radius 1 is 0.956 bits per heavy atom. The van der Waals surface area contributed by atoms with Crippen molar-refractivity contribution in [2.24, 2.45) is 5.73 Å². The van der Waals surface area contributed by atoms with Crippen LogP contribution >= 0.6 is 0 Å². The molecule has 3 aliphatic heterocycles. The lowest BCUT2D eigenvalue weighted by Gasteiger charge is -2.42. The molecule has 0 radical (unpaired) electrons. The van der Waals surface area contributed by atoms with Gasteiger partial charge in [0, 0.05) is 75.8 Å². The molecule has 0 bridgehead atoms. The van der Waals surface area contributed by atoms with Gasteiger partial charge in [-0.25, -0.2) is 14.8 Å². The zero-order valence-corrected chi connectivity index (χ0v) is 27.6. The van der Waals surface area contributed by atoms with Crippen molar-refractivity contribution in [3.8, 4) is 0 Å². The molecule has 0 aliphatic carbocycles. The van der Waals surface area contributed by atoms with Crippen LogP contribution in [0.5, 0.6) is 0 Å². The van der Waals surface area contributed by atoms with Crippen LogP contribution < -0.4 is 26.2 Å². The Labute approximate surface area is 267 Å². The first-order valence-corrected chi connectivity index (χ1v) is 16.5. The molecule has 3 saturated heterocycles. The number of nitrogens with zero attached hydrogens (tertiary/aromatic N) is 6. The Hall–Kier alpha value is -3.64. The van der Waals surface area contributed by atoms with E-state index in [2.05, 4.69) is 54.4 Å². The highest BCUT2D eigenvalue weighted by Gasteiger charge is 2.29. The second kappa shape index (κ2) is 14.2. The molecule has 0 unspecified atom stereocenters. The lowest BCUT2D eigenvalue weighted by atomic mass is 10.0.